The number of nitrogens with zero attached hydrogens (tertiary/aromatic N) is 4. The molecule has 0 aliphatic carbocycles. The molecule has 0 bridgehead atoms. The van der Waals surface area contributed by atoms with Gasteiger partial charge in [0.1, 0.15) is 18.7 Å². The Morgan fingerprint density at radius 3 is 2.23 bits per heavy atom. The molecule has 180 valence electrons. The molecule has 0 radical (unpaired) electrons. The molecule has 8 nitrogen and oxygen atoms in total. The summed E-state index contributed by atoms with van der Waals surface area (Å²) in [5.74, 6) is 0.0367. The number of nitrogens with one attached hydrogen (secondary N) is 2. The number of aryl methyl sites for hydroxylation is 1. The quantitative estimate of drug-likeness (QED) is 0.385. The van der Waals surface area contributed by atoms with Gasteiger partial charge in [-0.3, -0.25) is 9.59 Å². The predicted molar refractivity (Wildman–Crippen MR) is 137 cm³/mol. The van der Waals surface area contributed by atoms with Crippen LogP contribution in [0.25, 0.3) is 5.69 Å². The van der Waals surface area contributed by atoms with Crippen LogP contribution in [0.5, 0.6) is 0 Å². The number of hydrogen-bond acceptors (Lipinski definition) is 4. The first-order valence-electron chi connectivity index (χ1n) is 11.6. The highest BCUT2D eigenvalue weighted by Gasteiger charge is 2.18. The molecule has 2 N–H and O–H groups in total. The van der Waals surface area contributed by atoms with Crippen molar-refractivity contribution in [1.29, 1.82) is 0 Å². The van der Waals surface area contributed by atoms with Crippen molar-refractivity contribution in [2.24, 2.45) is 0 Å². The highest BCUT2D eigenvalue weighted by atomic mass is 16.2. The standard InChI is InChI=1S/C27H30N6O2/c1-17(2)21-7-6-8-24(14-21)33-18(3)13-25(19(33)4)27(35)31-23-11-9-22(10-12-23)30-26(34)20(5)32-16-28-15-29-32/h6-17,20H,1-5H3,(H,30,34)(H,31,35). The zero-order chi connectivity index (χ0) is 25.1. The first kappa shape index (κ1) is 23.9. The highest BCUT2D eigenvalue weighted by molar-refractivity contribution is 6.05. The van der Waals surface area contributed by atoms with Crippen molar-refractivity contribution < 1.29 is 9.59 Å². The van der Waals surface area contributed by atoms with Gasteiger partial charge in [-0.2, -0.15) is 5.10 Å². The summed E-state index contributed by atoms with van der Waals surface area (Å²) in [6, 6.07) is 16.9. The number of aromatic nitrogens is 4. The Hall–Kier alpha value is -4.20. The third-order valence-corrected chi connectivity index (χ3v) is 6.09. The molecule has 35 heavy (non-hydrogen) atoms. The molecule has 8 heteroatoms. The van der Waals surface area contributed by atoms with Crippen LogP contribution in [0.3, 0.4) is 0 Å². The normalized spacial score (nSPS) is 11.9. The van der Waals surface area contributed by atoms with Gasteiger partial charge in [0.2, 0.25) is 5.91 Å². The summed E-state index contributed by atoms with van der Waals surface area (Å²) in [7, 11) is 0. The lowest BCUT2D eigenvalue weighted by Gasteiger charge is -2.13. The summed E-state index contributed by atoms with van der Waals surface area (Å²) < 4.78 is 3.59. The molecule has 0 aliphatic heterocycles. The molecule has 0 spiro atoms. The topological polar surface area (TPSA) is 93.8 Å². The number of benzene rings is 2. The van der Waals surface area contributed by atoms with Crippen LogP contribution in [0.15, 0.2) is 67.3 Å². The molecule has 2 heterocycles. The van der Waals surface area contributed by atoms with Crippen LogP contribution in [-0.2, 0) is 4.79 Å². The zero-order valence-electron chi connectivity index (χ0n) is 20.6. The number of anilines is 2. The lowest BCUT2D eigenvalue weighted by atomic mass is 10.0. The van der Waals surface area contributed by atoms with Crippen LogP contribution in [0.1, 0.15) is 60.0 Å². The van der Waals surface area contributed by atoms with E-state index in [1.54, 1.807) is 31.2 Å². The average molecular weight is 471 g/mol. The minimum atomic E-state index is -0.492. The first-order valence-corrected chi connectivity index (χ1v) is 11.6. The van der Waals surface area contributed by atoms with E-state index >= 15 is 0 Å². The molecule has 0 saturated heterocycles. The molecule has 0 saturated carbocycles. The van der Waals surface area contributed by atoms with Gasteiger partial charge in [0.25, 0.3) is 5.91 Å². The molecule has 0 aliphatic rings. The number of amides is 2. The second-order valence-corrected chi connectivity index (χ2v) is 8.94. The fourth-order valence-corrected chi connectivity index (χ4v) is 4.03. The number of rotatable bonds is 7. The largest absolute Gasteiger partial charge is 0.324 e. The van der Waals surface area contributed by atoms with Crippen molar-refractivity contribution in [2.45, 2.75) is 46.6 Å². The maximum Gasteiger partial charge on any atom is 0.257 e. The Kier molecular flexibility index (Phi) is 6.82. The van der Waals surface area contributed by atoms with E-state index in [0.29, 0.717) is 22.9 Å². The third kappa shape index (κ3) is 5.16. The molecule has 1 unspecified atom stereocenters. The Bertz CT molecular complexity index is 1340. The Morgan fingerprint density at radius 2 is 1.60 bits per heavy atom. The van der Waals surface area contributed by atoms with Gasteiger partial charge in [0.15, 0.2) is 0 Å². The maximum absolute atomic E-state index is 13.1. The van der Waals surface area contributed by atoms with Crippen LogP contribution >= 0.6 is 0 Å². The van der Waals surface area contributed by atoms with Gasteiger partial charge in [-0.05, 0) is 74.7 Å². The number of hydrogen-bond donors (Lipinski definition) is 2. The monoisotopic (exact) mass is 470 g/mol. The maximum atomic E-state index is 13.1. The number of carbonyl (C=O) groups excluding carboxylic acids is 2. The van der Waals surface area contributed by atoms with Gasteiger partial charge in [0.05, 0.1) is 5.56 Å². The number of carbonyl (C=O) groups is 2. The van der Waals surface area contributed by atoms with Crippen molar-refractivity contribution in [2.75, 3.05) is 10.6 Å². The van der Waals surface area contributed by atoms with E-state index in [1.807, 2.05) is 19.9 Å². The van der Waals surface area contributed by atoms with Crippen LogP contribution in [-0.4, -0.2) is 31.1 Å². The lowest BCUT2D eigenvalue weighted by Crippen LogP contribution is -2.24. The van der Waals surface area contributed by atoms with E-state index in [0.717, 1.165) is 17.1 Å². The highest BCUT2D eigenvalue weighted by Crippen LogP contribution is 2.25. The van der Waals surface area contributed by atoms with Crippen LogP contribution in [0.2, 0.25) is 0 Å². The SMILES string of the molecule is Cc1cc(C(=O)Nc2ccc(NC(=O)C(C)n3cncn3)cc2)c(C)n1-c1cccc(C(C)C)c1. The van der Waals surface area contributed by atoms with Gasteiger partial charge < -0.3 is 15.2 Å². The molecule has 1 atom stereocenters. The zero-order valence-corrected chi connectivity index (χ0v) is 20.6. The van der Waals surface area contributed by atoms with E-state index in [2.05, 4.69) is 63.4 Å². The van der Waals surface area contributed by atoms with Crippen molar-refractivity contribution >= 4 is 23.2 Å². The summed E-state index contributed by atoms with van der Waals surface area (Å²) in [4.78, 5) is 29.4. The van der Waals surface area contributed by atoms with E-state index in [-0.39, 0.29) is 11.8 Å². The second-order valence-electron chi connectivity index (χ2n) is 8.94. The van der Waals surface area contributed by atoms with E-state index in [1.165, 1.54) is 22.9 Å². The van der Waals surface area contributed by atoms with E-state index in [4.69, 9.17) is 0 Å². The Balaban J connectivity index is 1.46. The molecular formula is C27H30N6O2. The summed E-state index contributed by atoms with van der Waals surface area (Å²) >= 11 is 0. The summed E-state index contributed by atoms with van der Waals surface area (Å²) in [5, 5.41) is 9.80. The fourth-order valence-electron chi connectivity index (χ4n) is 4.03. The predicted octanol–water partition coefficient (Wildman–Crippen LogP) is 5.26. The summed E-state index contributed by atoms with van der Waals surface area (Å²) in [6.45, 7) is 10.0. The minimum absolute atomic E-state index is 0.180. The molecule has 4 rings (SSSR count). The summed E-state index contributed by atoms with van der Waals surface area (Å²) in [5.41, 5.74) is 6.07. The molecule has 2 amide bonds. The molecule has 2 aromatic heterocycles. The lowest BCUT2D eigenvalue weighted by molar-refractivity contribution is -0.119. The second kappa shape index (κ2) is 9.97. The Morgan fingerprint density at radius 1 is 0.914 bits per heavy atom. The van der Waals surface area contributed by atoms with Gasteiger partial charge in [-0.1, -0.05) is 26.0 Å². The van der Waals surface area contributed by atoms with Crippen molar-refractivity contribution in [3.05, 3.63) is 89.8 Å². The fraction of sp³-hybridized carbons (Fsp3) is 0.259. The third-order valence-electron chi connectivity index (χ3n) is 6.09. The Labute approximate surface area is 205 Å². The van der Waals surface area contributed by atoms with Crippen LogP contribution in [0, 0.1) is 13.8 Å². The van der Waals surface area contributed by atoms with Crippen LogP contribution in [0.4, 0.5) is 11.4 Å². The minimum Gasteiger partial charge on any atom is -0.324 e. The van der Waals surface area contributed by atoms with E-state index < -0.39 is 6.04 Å². The molecule has 4 aromatic rings. The van der Waals surface area contributed by atoms with Gasteiger partial charge >= 0.3 is 0 Å². The molecule has 0 fully saturated rings. The van der Waals surface area contributed by atoms with Crippen molar-refractivity contribution in [3.8, 4) is 5.69 Å². The first-order chi connectivity index (χ1) is 16.7. The molecular weight excluding hydrogens is 440 g/mol. The average Bonchev–Trinajstić information content (AvgIpc) is 3.48. The summed E-state index contributed by atoms with van der Waals surface area (Å²) in [6.07, 6.45) is 2.89. The van der Waals surface area contributed by atoms with Gasteiger partial charge in [-0.15, -0.1) is 0 Å². The van der Waals surface area contributed by atoms with E-state index in [9.17, 15) is 9.59 Å². The molecule has 2 aromatic carbocycles. The van der Waals surface area contributed by atoms with Crippen molar-refractivity contribution in [3.63, 3.8) is 0 Å². The van der Waals surface area contributed by atoms with Crippen molar-refractivity contribution in [1.82, 2.24) is 19.3 Å². The van der Waals surface area contributed by atoms with Gasteiger partial charge in [0, 0.05) is 28.5 Å². The van der Waals surface area contributed by atoms with Gasteiger partial charge in [-0.25, -0.2) is 9.67 Å². The van der Waals surface area contributed by atoms with Crippen LogP contribution < -0.4 is 10.6 Å². The smallest absolute Gasteiger partial charge is 0.257 e.